The van der Waals surface area contributed by atoms with Gasteiger partial charge in [0.2, 0.25) is 0 Å². The molecule has 0 saturated carbocycles. The molecule has 0 aliphatic rings. The molecule has 1 heterocycles. The number of pyridine rings is 1. The summed E-state index contributed by atoms with van der Waals surface area (Å²) >= 11 is 0. The summed E-state index contributed by atoms with van der Waals surface area (Å²) in [7, 11) is 5.73. The molecule has 1 atom stereocenters. The second-order valence-corrected chi connectivity index (χ2v) is 6.13. The molecule has 0 saturated heterocycles. The fraction of sp³-hybridized carbons (Fsp3) is 0.368. The summed E-state index contributed by atoms with van der Waals surface area (Å²) < 4.78 is 0. The van der Waals surface area contributed by atoms with Gasteiger partial charge in [-0.3, -0.25) is 9.78 Å². The molecule has 2 rings (SSSR count). The Kier molecular flexibility index (Phi) is 6.46. The highest BCUT2D eigenvalue weighted by molar-refractivity contribution is 5.94. The zero-order valence-corrected chi connectivity index (χ0v) is 14.5. The number of benzene rings is 1. The summed E-state index contributed by atoms with van der Waals surface area (Å²) in [5, 5.41) is 9.36. The van der Waals surface area contributed by atoms with E-state index in [4.69, 9.17) is 0 Å². The van der Waals surface area contributed by atoms with Gasteiger partial charge in [-0.15, -0.1) is 0 Å². The predicted molar refractivity (Wildman–Crippen MR) is 94.6 cm³/mol. The first-order chi connectivity index (χ1) is 11.5. The van der Waals surface area contributed by atoms with Crippen LogP contribution >= 0.6 is 0 Å². The third kappa shape index (κ3) is 4.63. The molecule has 0 bridgehead atoms. The van der Waals surface area contributed by atoms with Crippen LogP contribution in [-0.2, 0) is 6.54 Å². The van der Waals surface area contributed by atoms with Crippen molar-refractivity contribution < 1.29 is 9.90 Å². The van der Waals surface area contributed by atoms with Crippen LogP contribution in [0.2, 0.25) is 0 Å². The molecule has 1 N–H and O–H groups in total. The molecule has 1 aromatic heterocycles. The number of nitrogens with zero attached hydrogens (tertiary/aromatic N) is 3. The highest BCUT2D eigenvalue weighted by atomic mass is 16.3. The predicted octanol–water partition coefficient (Wildman–Crippen LogP) is 2.34. The van der Waals surface area contributed by atoms with Gasteiger partial charge in [0.15, 0.2) is 0 Å². The Morgan fingerprint density at radius 1 is 1.12 bits per heavy atom. The summed E-state index contributed by atoms with van der Waals surface area (Å²) in [6.45, 7) is 0.763. The number of aliphatic hydroxyl groups is 1. The monoisotopic (exact) mass is 327 g/mol. The van der Waals surface area contributed by atoms with Gasteiger partial charge in [0.25, 0.3) is 5.91 Å². The molecule has 0 radical (unpaired) electrons. The van der Waals surface area contributed by atoms with Crippen molar-refractivity contribution in [2.24, 2.45) is 0 Å². The van der Waals surface area contributed by atoms with E-state index in [1.54, 1.807) is 18.1 Å². The van der Waals surface area contributed by atoms with Gasteiger partial charge in [-0.25, -0.2) is 0 Å². The average Bonchev–Trinajstić information content (AvgIpc) is 2.59. The number of amides is 1. The first-order valence-corrected chi connectivity index (χ1v) is 8.05. The summed E-state index contributed by atoms with van der Waals surface area (Å²) in [4.78, 5) is 20.8. The van der Waals surface area contributed by atoms with E-state index >= 15 is 0 Å². The summed E-state index contributed by atoms with van der Waals surface area (Å²) in [5.41, 5.74) is 2.49. The minimum atomic E-state index is -0.162. The number of hydrogen-bond acceptors (Lipinski definition) is 4. The summed E-state index contributed by atoms with van der Waals surface area (Å²) in [5.74, 6) is -0.0961. The molecular weight excluding hydrogens is 302 g/mol. The Morgan fingerprint density at radius 2 is 1.83 bits per heavy atom. The van der Waals surface area contributed by atoms with Gasteiger partial charge in [-0.2, -0.15) is 0 Å². The van der Waals surface area contributed by atoms with Crippen molar-refractivity contribution in [1.29, 1.82) is 0 Å². The molecule has 5 heteroatoms. The largest absolute Gasteiger partial charge is 0.396 e. The van der Waals surface area contributed by atoms with Crippen LogP contribution < -0.4 is 0 Å². The van der Waals surface area contributed by atoms with E-state index in [9.17, 15) is 9.90 Å². The van der Waals surface area contributed by atoms with Crippen molar-refractivity contribution >= 4 is 5.91 Å². The van der Waals surface area contributed by atoms with Gasteiger partial charge < -0.3 is 14.9 Å². The lowest BCUT2D eigenvalue weighted by Gasteiger charge is -2.28. The standard InChI is InChI=1S/C19H25N3O2/c1-21(2)14-17-10-9-16(13-20-17)19(24)22(3)18(11-12-23)15-7-5-4-6-8-15/h4-10,13,18,23H,11-12,14H2,1-3H3. The van der Waals surface area contributed by atoms with Crippen molar-refractivity contribution in [2.75, 3.05) is 27.7 Å². The maximum atomic E-state index is 12.8. The second kappa shape index (κ2) is 8.57. The SMILES string of the molecule is CN(C)Cc1ccc(C(=O)N(C)C(CCO)c2ccccc2)cn1. The first-order valence-electron chi connectivity index (χ1n) is 8.05. The Labute approximate surface area is 143 Å². The molecule has 0 fully saturated rings. The van der Waals surface area contributed by atoms with Gasteiger partial charge in [0.1, 0.15) is 0 Å². The van der Waals surface area contributed by atoms with E-state index < -0.39 is 0 Å². The summed E-state index contributed by atoms with van der Waals surface area (Å²) in [6.07, 6.45) is 2.12. The van der Waals surface area contributed by atoms with E-state index in [1.165, 1.54) is 0 Å². The first kappa shape index (κ1) is 18.1. The van der Waals surface area contributed by atoms with Gasteiger partial charge in [0, 0.05) is 26.4 Å². The number of rotatable bonds is 7. The minimum absolute atomic E-state index is 0.0250. The Bertz CT molecular complexity index is 641. The van der Waals surface area contributed by atoms with Crippen LogP contribution in [0.5, 0.6) is 0 Å². The average molecular weight is 327 g/mol. The van der Waals surface area contributed by atoms with Gasteiger partial charge >= 0.3 is 0 Å². The Balaban J connectivity index is 2.17. The molecule has 128 valence electrons. The number of aromatic nitrogens is 1. The lowest BCUT2D eigenvalue weighted by atomic mass is 10.0. The van der Waals surface area contributed by atoms with Crippen LogP contribution in [-0.4, -0.2) is 53.5 Å². The number of aliphatic hydroxyl groups excluding tert-OH is 1. The molecule has 2 aromatic rings. The number of carbonyl (C=O) groups is 1. The zero-order chi connectivity index (χ0) is 17.5. The van der Waals surface area contributed by atoms with E-state index in [2.05, 4.69) is 4.98 Å². The van der Waals surface area contributed by atoms with Gasteiger partial charge in [0.05, 0.1) is 17.3 Å². The Hall–Kier alpha value is -2.24. The molecular formula is C19H25N3O2. The quantitative estimate of drug-likeness (QED) is 0.848. The van der Waals surface area contributed by atoms with Crippen LogP contribution in [0.4, 0.5) is 0 Å². The highest BCUT2D eigenvalue weighted by Gasteiger charge is 2.22. The molecule has 24 heavy (non-hydrogen) atoms. The van der Waals surface area contributed by atoms with Crippen LogP contribution in [0.3, 0.4) is 0 Å². The van der Waals surface area contributed by atoms with E-state index in [1.807, 2.05) is 61.5 Å². The minimum Gasteiger partial charge on any atom is -0.396 e. The number of carbonyl (C=O) groups excluding carboxylic acids is 1. The van der Waals surface area contributed by atoms with Crippen LogP contribution in [0.1, 0.15) is 34.1 Å². The fourth-order valence-corrected chi connectivity index (χ4v) is 2.70. The second-order valence-electron chi connectivity index (χ2n) is 6.13. The third-order valence-electron chi connectivity index (χ3n) is 3.92. The smallest absolute Gasteiger partial charge is 0.255 e. The van der Waals surface area contributed by atoms with Crippen molar-refractivity contribution in [3.05, 3.63) is 65.5 Å². The lowest BCUT2D eigenvalue weighted by Crippen LogP contribution is -2.32. The van der Waals surface area contributed by atoms with E-state index in [0.29, 0.717) is 12.0 Å². The maximum Gasteiger partial charge on any atom is 0.255 e. The Morgan fingerprint density at radius 3 is 2.38 bits per heavy atom. The topological polar surface area (TPSA) is 56.7 Å². The molecule has 0 aliphatic heterocycles. The van der Waals surface area contributed by atoms with Crippen molar-refractivity contribution in [3.8, 4) is 0 Å². The lowest BCUT2D eigenvalue weighted by molar-refractivity contribution is 0.0704. The third-order valence-corrected chi connectivity index (χ3v) is 3.92. The zero-order valence-electron chi connectivity index (χ0n) is 14.5. The normalized spacial score (nSPS) is 12.2. The molecule has 0 aliphatic carbocycles. The van der Waals surface area contributed by atoms with E-state index in [0.717, 1.165) is 17.8 Å². The molecule has 5 nitrogen and oxygen atoms in total. The van der Waals surface area contributed by atoms with Crippen LogP contribution in [0.15, 0.2) is 48.7 Å². The molecule has 0 spiro atoms. The highest BCUT2D eigenvalue weighted by Crippen LogP contribution is 2.24. The van der Waals surface area contributed by atoms with Crippen molar-refractivity contribution in [3.63, 3.8) is 0 Å². The van der Waals surface area contributed by atoms with Gasteiger partial charge in [-0.1, -0.05) is 30.3 Å². The summed E-state index contributed by atoms with van der Waals surface area (Å²) in [6, 6.07) is 13.3. The van der Waals surface area contributed by atoms with E-state index in [-0.39, 0.29) is 18.6 Å². The fourth-order valence-electron chi connectivity index (χ4n) is 2.70. The molecule has 1 unspecified atom stereocenters. The van der Waals surface area contributed by atoms with Crippen LogP contribution in [0.25, 0.3) is 0 Å². The van der Waals surface area contributed by atoms with Crippen molar-refractivity contribution in [1.82, 2.24) is 14.8 Å². The van der Waals surface area contributed by atoms with Crippen molar-refractivity contribution in [2.45, 2.75) is 19.0 Å². The molecule has 1 amide bonds. The molecule has 1 aromatic carbocycles. The number of hydrogen-bond donors (Lipinski definition) is 1. The van der Waals surface area contributed by atoms with Gasteiger partial charge in [-0.05, 0) is 38.2 Å². The maximum absolute atomic E-state index is 12.8. The van der Waals surface area contributed by atoms with Crippen LogP contribution in [0, 0.1) is 0 Å².